The molecule has 0 aliphatic rings. The van der Waals surface area contributed by atoms with E-state index in [1.54, 1.807) is 18.2 Å². The predicted molar refractivity (Wildman–Crippen MR) is 74.9 cm³/mol. The number of halogens is 1. The number of nitrogens with one attached hydrogen (secondary N) is 1. The van der Waals surface area contributed by atoms with E-state index in [2.05, 4.69) is 15.4 Å². The van der Waals surface area contributed by atoms with Gasteiger partial charge in [-0.05, 0) is 12.1 Å². The van der Waals surface area contributed by atoms with Crippen LogP contribution in [0.4, 0.5) is 5.69 Å². The van der Waals surface area contributed by atoms with Crippen molar-refractivity contribution in [2.45, 2.75) is 0 Å². The molecule has 1 aromatic heterocycles. The summed E-state index contributed by atoms with van der Waals surface area (Å²) in [5.74, 6) is -0.290. The molecule has 7 nitrogen and oxygen atoms in total. The zero-order valence-corrected chi connectivity index (χ0v) is 11.4. The summed E-state index contributed by atoms with van der Waals surface area (Å²) in [6, 6.07) is 5.17. The van der Waals surface area contributed by atoms with Crippen LogP contribution >= 0.6 is 11.6 Å². The molecule has 0 unspecified atom stereocenters. The highest BCUT2D eigenvalue weighted by Gasteiger charge is 2.12. The fourth-order valence-corrected chi connectivity index (χ4v) is 1.87. The minimum Gasteiger partial charge on any atom is -0.370 e. The lowest BCUT2D eigenvalue weighted by Crippen LogP contribution is -2.21. The third-order valence-corrected chi connectivity index (χ3v) is 2.71. The van der Waals surface area contributed by atoms with Gasteiger partial charge in [0.05, 0.1) is 17.3 Å². The molecule has 0 spiro atoms. The number of hydrogen-bond donors (Lipinski definition) is 2. The van der Waals surface area contributed by atoms with Crippen molar-refractivity contribution >= 4 is 23.2 Å². The molecule has 0 radical (unpaired) electrons. The molecule has 1 amide bonds. The average molecular weight is 296 g/mol. The van der Waals surface area contributed by atoms with Crippen LogP contribution in [-0.4, -0.2) is 40.4 Å². The minimum absolute atomic E-state index is 0.0689. The number of aromatic nitrogens is 3. The summed E-state index contributed by atoms with van der Waals surface area (Å²) in [5.41, 5.74) is 6.37. The van der Waals surface area contributed by atoms with Crippen molar-refractivity contribution in [1.29, 1.82) is 0 Å². The monoisotopic (exact) mass is 295 g/mol. The maximum absolute atomic E-state index is 11.8. The molecule has 0 aliphatic heterocycles. The van der Waals surface area contributed by atoms with Crippen molar-refractivity contribution in [3.05, 3.63) is 35.9 Å². The molecule has 0 bridgehead atoms. The first-order valence-electron chi connectivity index (χ1n) is 5.93. The van der Waals surface area contributed by atoms with Crippen LogP contribution in [-0.2, 0) is 9.53 Å². The second-order valence-corrected chi connectivity index (χ2v) is 4.27. The Morgan fingerprint density at radius 2 is 2.35 bits per heavy atom. The van der Waals surface area contributed by atoms with E-state index in [9.17, 15) is 4.79 Å². The number of nitrogens with two attached hydrogens (primary N) is 1. The Hall–Kier alpha value is -1.96. The van der Waals surface area contributed by atoms with Gasteiger partial charge in [0.2, 0.25) is 5.91 Å². The van der Waals surface area contributed by atoms with Crippen molar-refractivity contribution in [3.63, 3.8) is 0 Å². The molecule has 0 fully saturated rings. The van der Waals surface area contributed by atoms with E-state index in [4.69, 9.17) is 22.1 Å². The van der Waals surface area contributed by atoms with Crippen LogP contribution in [0.2, 0.25) is 5.02 Å². The van der Waals surface area contributed by atoms with Crippen LogP contribution in [0.5, 0.6) is 0 Å². The Kier molecular flexibility index (Phi) is 5.05. The SMILES string of the molecule is NCCOCC(=O)Nc1cccc(Cl)c1-n1cncn1. The Balaban J connectivity index is 2.16. The highest BCUT2D eigenvalue weighted by atomic mass is 35.5. The van der Waals surface area contributed by atoms with Crippen molar-refractivity contribution in [1.82, 2.24) is 14.8 Å². The number of hydrogen-bond acceptors (Lipinski definition) is 5. The summed E-state index contributed by atoms with van der Waals surface area (Å²) >= 11 is 6.14. The van der Waals surface area contributed by atoms with Gasteiger partial charge in [-0.1, -0.05) is 17.7 Å². The fraction of sp³-hybridized carbons (Fsp3) is 0.250. The van der Waals surface area contributed by atoms with Crippen molar-refractivity contribution in [2.75, 3.05) is 25.1 Å². The molecule has 20 heavy (non-hydrogen) atoms. The zero-order chi connectivity index (χ0) is 14.4. The van der Waals surface area contributed by atoms with Gasteiger partial charge in [-0.25, -0.2) is 9.67 Å². The van der Waals surface area contributed by atoms with Gasteiger partial charge in [-0.15, -0.1) is 0 Å². The molecule has 2 rings (SSSR count). The van der Waals surface area contributed by atoms with Gasteiger partial charge in [0.1, 0.15) is 24.9 Å². The molecule has 0 atom stereocenters. The summed E-state index contributed by atoms with van der Waals surface area (Å²) in [4.78, 5) is 15.6. The van der Waals surface area contributed by atoms with Gasteiger partial charge >= 0.3 is 0 Å². The Morgan fingerprint density at radius 1 is 1.50 bits per heavy atom. The molecule has 0 aliphatic carbocycles. The Labute approximate surface area is 120 Å². The number of benzene rings is 1. The van der Waals surface area contributed by atoms with Crippen LogP contribution < -0.4 is 11.1 Å². The fourth-order valence-electron chi connectivity index (χ4n) is 1.61. The second-order valence-electron chi connectivity index (χ2n) is 3.87. The maximum Gasteiger partial charge on any atom is 0.250 e. The first kappa shape index (κ1) is 14.4. The van der Waals surface area contributed by atoms with Crippen molar-refractivity contribution in [3.8, 4) is 5.69 Å². The smallest absolute Gasteiger partial charge is 0.250 e. The largest absolute Gasteiger partial charge is 0.370 e. The van der Waals surface area contributed by atoms with Crippen LogP contribution in [0, 0.1) is 0 Å². The van der Waals surface area contributed by atoms with Crippen LogP contribution in [0.1, 0.15) is 0 Å². The summed E-state index contributed by atoms with van der Waals surface area (Å²) in [7, 11) is 0. The van der Waals surface area contributed by atoms with E-state index in [0.29, 0.717) is 29.5 Å². The third-order valence-electron chi connectivity index (χ3n) is 2.40. The normalized spacial score (nSPS) is 10.5. The maximum atomic E-state index is 11.8. The third kappa shape index (κ3) is 3.53. The number of rotatable bonds is 6. The van der Waals surface area contributed by atoms with Gasteiger partial charge in [-0.2, -0.15) is 5.10 Å². The van der Waals surface area contributed by atoms with E-state index < -0.39 is 0 Å². The molecular weight excluding hydrogens is 282 g/mol. The standard InChI is InChI=1S/C12H14ClN5O2/c13-9-2-1-3-10(12(9)18-8-15-7-16-18)17-11(19)6-20-5-4-14/h1-3,7-8H,4-6,14H2,(H,17,19). The van der Waals surface area contributed by atoms with Gasteiger partial charge in [-0.3, -0.25) is 4.79 Å². The van der Waals surface area contributed by atoms with Crippen LogP contribution in [0.3, 0.4) is 0 Å². The van der Waals surface area contributed by atoms with Gasteiger partial charge in [0.25, 0.3) is 0 Å². The van der Waals surface area contributed by atoms with Crippen LogP contribution in [0.15, 0.2) is 30.9 Å². The van der Waals surface area contributed by atoms with Gasteiger partial charge in [0, 0.05) is 6.54 Å². The number of carbonyl (C=O) groups is 1. The molecule has 0 saturated carbocycles. The number of amides is 1. The van der Waals surface area contributed by atoms with E-state index in [1.807, 2.05) is 0 Å². The number of para-hydroxylation sites is 1. The zero-order valence-electron chi connectivity index (χ0n) is 10.6. The topological polar surface area (TPSA) is 95.1 Å². The first-order chi connectivity index (χ1) is 9.72. The lowest BCUT2D eigenvalue weighted by atomic mass is 10.2. The van der Waals surface area contributed by atoms with E-state index in [-0.39, 0.29) is 12.5 Å². The molecule has 3 N–H and O–H groups in total. The molecule has 1 heterocycles. The molecular formula is C12H14ClN5O2. The quantitative estimate of drug-likeness (QED) is 0.770. The minimum atomic E-state index is -0.290. The molecule has 106 valence electrons. The molecule has 0 saturated heterocycles. The summed E-state index contributed by atoms with van der Waals surface area (Å²) in [6.07, 6.45) is 2.89. The molecule has 2 aromatic rings. The Morgan fingerprint density at radius 3 is 3.05 bits per heavy atom. The summed E-state index contributed by atoms with van der Waals surface area (Å²) < 4.78 is 6.56. The van der Waals surface area contributed by atoms with Crippen molar-refractivity contribution < 1.29 is 9.53 Å². The van der Waals surface area contributed by atoms with E-state index in [1.165, 1.54) is 17.3 Å². The van der Waals surface area contributed by atoms with E-state index >= 15 is 0 Å². The number of nitrogens with zero attached hydrogens (tertiary/aromatic N) is 3. The number of ether oxygens (including phenoxy) is 1. The lowest BCUT2D eigenvalue weighted by Gasteiger charge is -2.12. The second kappa shape index (κ2) is 6.99. The predicted octanol–water partition coefficient (Wildman–Crippen LogP) is 0.834. The lowest BCUT2D eigenvalue weighted by molar-refractivity contribution is -0.120. The van der Waals surface area contributed by atoms with Gasteiger partial charge in [0.15, 0.2) is 0 Å². The van der Waals surface area contributed by atoms with E-state index in [0.717, 1.165) is 0 Å². The highest BCUT2D eigenvalue weighted by Crippen LogP contribution is 2.27. The summed E-state index contributed by atoms with van der Waals surface area (Å²) in [5, 5.41) is 7.19. The average Bonchev–Trinajstić information content (AvgIpc) is 2.93. The Bertz CT molecular complexity index is 573. The highest BCUT2D eigenvalue weighted by molar-refractivity contribution is 6.33. The van der Waals surface area contributed by atoms with Crippen LogP contribution in [0.25, 0.3) is 5.69 Å². The molecule has 1 aromatic carbocycles. The summed E-state index contributed by atoms with van der Waals surface area (Å²) in [6.45, 7) is 0.633. The molecule has 8 heteroatoms. The number of anilines is 1. The first-order valence-corrected chi connectivity index (χ1v) is 6.31. The number of carbonyl (C=O) groups excluding carboxylic acids is 1. The van der Waals surface area contributed by atoms with Crippen molar-refractivity contribution in [2.24, 2.45) is 5.73 Å². The van der Waals surface area contributed by atoms with Gasteiger partial charge < -0.3 is 15.8 Å².